The third kappa shape index (κ3) is 7.91. The number of carboxylic acids is 1. The van der Waals surface area contributed by atoms with Gasteiger partial charge in [-0.3, -0.25) is 19.4 Å². The zero-order chi connectivity index (χ0) is 36.3. The molecule has 5 rings (SSSR count). The maximum absolute atomic E-state index is 12.9. The minimum absolute atomic E-state index is 0.0859. The van der Waals surface area contributed by atoms with Crippen LogP contribution in [0, 0.1) is 0 Å². The molecule has 13 nitrogen and oxygen atoms in total. The molecule has 2 aromatic heterocycles. The summed E-state index contributed by atoms with van der Waals surface area (Å²) >= 11 is 13.8. The van der Waals surface area contributed by atoms with Crippen LogP contribution in [0.25, 0.3) is 22.4 Å². The number of aryl methyl sites for hydroxylation is 1. The number of aromatic nitrogens is 3. The van der Waals surface area contributed by atoms with Crippen LogP contribution in [0.3, 0.4) is 0 Å². The molecule has 0 aliphatic carbocycles. The SMILES string of the molecule is COc1nc(-c2cccc(-c3cccc(NC(=O)c4ccnn(C)c4=O)c3Cl)c2Cl)ccc1CN1CCN(C(=O)OC(C)(C)C)[C@@H](C(=O)O)C1. The number of hydrogen-bond donors (Lipinski definition) is 2. The van der Waals surface area contributed by atoms with Crippen molar-refractivity contribution >= 4 is 46.9 Å². The van der Waals surface area contributed by atoms with Crippen LogP contribution in [0.15, 0.2) is 65.6 Å². The Morgan fingerprint density at radius 3 is 2.34 bits per heavy atom. The molecule has 2 amide bonds. The zero-order valence-electron chi connectivity index (χ0n) is 28.1. The van der Waals surface area contributed by atoms with Crippen LogP contribution >= 0.6 is 23.2 Å². The third-order valence-corrected chi connectivity index (χ3v) is 8.78. The van der Waals surface area contributed by atoms with Gasteiger partial charge in [0.05, 0.1) is 28.5 Å². The maximum atomic E-state index is 12.9. The number of hydrogen-bond acceptors (Lipinski definition) is 9. The van der Waals surface area contributed by atoms with Gasteiger partial charge < -0.3 is 19.9 Å². The van der Waals surface area contributed by atoms with Crippen LogP contribution in [0.2, 0.25) is 10.0 Å². The number of pyridine rings is 1. The third-order valence-electron chi connectivity index (χ3n) is 7.97. The van der Waals surface area contributed by atoms with Gasteiger partial charge in [0, 0.05) is 61.7 Å². The predicted molar refractivity (Wildman–Crippen MR) is 189 cm³/mol. The van der Waals surface area contributed by atoms with E-state index in [1.165, 1.54) is 31.3 Å². The average molecular weight is 724 g/mol. The zero-order valence-corrected chi connectivity index (χ0v) is 29.6. The topological polar surface area (TPSA) is 156 Å². The van der Waals surface area contributed by atoms with E-state index in [1.54, 1.807) is 63.2 Å². The van der Waals surface area contributed by atoms with Gasteiger partial charge in [0.1, 0.15) is 17.2 Å². The van der Waals surface area contributed by atoms with Crippen molar-refractivity contribution in [1.82, 2.24) is 24.6 Å². The summed E-state index contributed by atoms with van der Waals surface area (Å²) in [6, 6.07) is 14.4. The molecule has 0 saturated carbocycles. The van der Waals surface area contributed by atoms with Gasteiger partial charge in [-0.15, -0.1) is 0 Å². The number of nitrogens with zero attached hydrogens (tertiary/aromatic N) is 5. The lowest BCUT2D eigenvalue weighted by atomic mass is 10.00. The number of methoxy groups -OCH3 is 1. The first-order valence-electron chi connectivity index (χ1n) is 15.6. The van der Waals surface area contributed by atoms with Crippen molar-refractivity contribution in [3.63, 3.8) is 0 Å². The Morgan fingerprint density at radius 1 is 0.980 bits per heavy atom. The standard InChI is InChI=1S/C35H36Cl2N6O7/c1-35(2,3)50-34(48)43-17-16-42(19-27(43)33(46)47)18-20-12-13-25(40-31(20)49-5)23-10-6-8-21(28(23)36)22-9-7-11-26(29(22)37)39-30(44)24-14-15-38-41(4)32(24)45/h6-15,27H,16-19H2,1-5H3,(H,39,44)(H,46,47)/t27-/m1/s1. The molecular formula is C35H36Cl2N6O7. The summed E-state index contributed by atoms with van der Waals surface area (Å²) in [6.07, 6.45) is 0.695. The van der Waals surface area contributed by atoms with Crippen molar-refractivity contribution in [3.05, 3.63) is 92.3 Å². The molecule has 0 spiro atoms. The fourth-order valence-corrected chi connectivity index (χ4v) is 6.13. The molecule has 1 aliphatic rings. The van der Waals surface area contributed by atoms with Gasteiger partial charge >= 0.3 is 12.1 Å². The fraction of sp³-hybridized carbons (Fsp3) is 0.314. The second-order valence-corrected chi connectivity index (χ2v) is 13.3. The molecule has 0 bridgehead atoms. The number of aliphatic carboxylic acids is 1. The van der Waals surface area contributed by atoms with Gasteiger partial charge in [0.25, 0.3) is 11.5 Å². The first kappa shape index (κ1) is 36.3. The fourth-order valence-electron chi connectivity index (χ4n) is 5.53. The van der Waals surface area contributed by atoms with E-state index >= 15 is 0 Å². The lowest BCUT2D eigenvalue weighted by Gasteiger charge is -2.39. The van der Waals surface area contributed by atoms with Crippen molar-refractivity contribution in [2.45, 2.75) is 39.0 Å². The summed E-state index contributed by atoms with van der Waals surface area (Å²) < 4.78 is 12.1. The van der Waals surface area contributed by atoms with Crippen LogP contribution in [-0.2, 0) is 23.1 Å². The number of benzene rings is 2. The molecule has 1 atom stereocenters. The van der Waals surface area contributed by atoms with Crippen molar-refractivity contribution in [1.29, 1.82) is 0 Å². The number of carbonyl (C=O) groups is 3. The molecule has 2 aromatic carbocycles. The molecule has 262 valence electrons. The Balaban J connectivity index is 1.37. The molecule has 0 unspecified atom stereocenters. The van der Waals surface area contributed by atoms with E-state index in [0.29, 0.717) is 51.9 Å². The summed E-state index contributed by atoms with van der Waals surface area (Å²) in [4.78, 5) is 58.1. The number of rotatable bonds is 8. The average Bonchev–Trinajstić information content (AvgIpc) is 3.06. The van der Waals surface area contributed by atoms with E-state index in [2.05, 4.69) is 10.4 Å². The van der Waals surface area contributed by atoms with Gasteiger partial charge in [0.2, 0.25) is 5.88 Å². The van der Waals surface area contributed by atoms with Gasteiger partial charge in [0.15, 0.2) is 0 Å². The number of halogens is 2. The van der Waals surface area contributed by atoms with Crippen molar-refractivity contribution in [2.24, 2.45) is 7.05 Å². The molecule has 50 heavy (non-hydrogen) atoms. The minimum Gasteiger partial charge on any atom is -0.481 e. The van der Waals surface area contributed by atoms with Crippen LogP contribution in [0.4, 0.5) is 10.5 Å². The van der Waals surface area contributed by atoms with E-state index in [1.807, 2.05) is 11.0 Å². The van der Waals surface area contributed by atoms with E-state index in [4.69, 9.17) is 37.7 Å². The number of carboxylic acid groups (broad SMARTS) is 1. The normalized spacial score (nSPS) is 15.0. The van der Waals surface area contributed by atoms with Crippen molar-refractivity contribution < 1.29 is 29.0 Å². The first-order valence-corrected chi connectivity index (χ1v) is 16.3. The lowest BCUT2D eigenvalue weighted by molar-refractivity contribution is -0.145. The Kier molecular flexibility index (Phi) is 10.8. The van der Waals surface area contributed by atoms with Crippen LogP contribution in [0.1, 0.15) is 36.7 Å². The predicted octanol–water partition coefficient (Wildman–Crippen LogP) is 5.58. The highest BCUT2D eigenvalue weighted by molar-refractivity contribution is 6.39. The number of piperazine rings is 1. The summed E-state index contributed by atoms with van der Waals surface area (Å²) in [5.41, 5.74) is 1.85. The smallest absolute Gasteiger partial charge is 0.411 e. The monoisotopic (exact) mass is 722 g/mol. The van der Waals surface area contributed by atoms with E-state index in [-0.39, 0.29) is 29.4 Å². The maximum Gasteiger partial charge on any atom is 0.411 e. The van der Waals surface area contributed by atoms with Crippen molar-refractivity contribution in [3.8, 4) is 28.3 Å². The van der Waals surface area contributed by atoms with Crippen LogP contribution < -0.4 is 15.6 Å². The van der Waals surface area contributed by atoms with Gasteiger partial charge in [-0.1, -0.05) is 59.6 Å². The second-order valence-electron chi connectivity index (χ2n) is 12.6. The van der Waals surface area contributed by atoms with Gasteiger partial charge in [-0.2, -0.15) is 5.10 Å². The van der Waals surface area contributed by atoms with Crippen molar-refractivity contribution in [2.75, 3.05) is 32.1 Å². The molecule has 0 radical (unpaired) electrons. The first-order chi connectivity index (χ1) is 23.7. The Morgan fingerprint density at radius 2 is 1.66 bits per heavy atom. The highest BCUT2D eigenvalue weighted by Gasteiger charge is 2.38. The molecule has 15 heteroatoms. The molecule has 2 N–H and O–H groups in total. The Hall–Kier alpha value is -4.98. The summed E-state index contributed by atoms with van der Waals surface area (Å²) in [6.45, 7) is 6.21. The number of amides is 2. The molecule has 1 aliphatic heterocycles. The van der Waals surface area contributed by atoms with E-state index < -0.39 is 35.2 Å². The lowest BCUT2D eigenvalue weighted by Crippen LogP contribution is -2.58. The molecule has 4 aromatic rings. The highest BCUT2D eigenvalue weighted by atomic mass is 35.5. The number of carbonyl (C=O) groups excluding carboxylic acids is 2. The summed E-state index contributed by atoms with van der Waals surface area (Å²) in [7, 11) is 2.95. The van der Waals surface area contributed by atoms with Gasteiger partial charge in [-0.05, 0) is 39.0 Å². The number of ether oxygens (including phenoxy) is 2. The van der Waals surface area contributed by atoms with Crippen LogP contribution in [-0.4, -0.2) is 86.0 Å². The Labute approximate surface area is 298 Å². The molecule has 3 heterocycles. The molecular weight excluding hydrogens is 687 g/mol. The molecule has 1 fully saturated rings. The largest absolute Gasteiger partial charge is 0.481 e. The molecule has 1 saturated heterocycles. The quantitative estimate of drug-likeness (QED) is 0.235. The van der Waals surface area contributed by atoms with Gasteiger partial charge in [-0.25, -0.2) is 19.3 Å². The number of nitrogens with one attached hydrogen (secondary N) is 1. The number of anilines is 1. The minimum atomic E-state index is -1.12. The summed E-state index contributed by atoms with van der Waals surface area (Å²) in [5.74, 6) is -1.43. The van der Waals surface area contributed by atoms with Crippen LogP contribution in [0.5, 0.6) is 5.88 Å². The van der Waals surface area contributed by atoms with E-state index in [0.717, 1.165) is 4.68 Å². The highest BCUT2D eigenvalue weighted by Crippen LogP contribution is 2.41. The second kappa shape index (κ2) is 14.9. The summed E-state index contributed by atoms with van der Waals surface area (Å²) in [5, 5.41) is 17.0. The van der Waals surface area contributed by atoms with E-state index in [9.17, 15) is 24.3 Å². The Bertz CT molecular complexity index is 2010.